The normalized spacial score (nSPS) is 10.9. The first-order chi connectivity index (χ1) is 8.25. The first-order valence-corrected chi connectivity index (χ1v) is 6.16. The molecule has 2 aromatic heterocycles. The maximum absolute atomic E-state index is 11.2. The monoisotopic (exact) mass is 242 g/mol. The van der Waals surface area contributed by atoms with Gasteiger partial charge in [0.2, 0.25) is 0 Å². The van der Waals surface area contributed by atoms with Gasteiger partial charge >= 0.3 is 0 Å². The summed E-state index contributed by atoms with van der Waals surface area (Å²) in [5, 5.41) is 3.82. The van der Waals surface area contributed by atoms with E-state index in [2.05, 4.69) is 16.0 Å². The van der Waals surface area contributed by atoms with Gasteiger partial charge in [0, 0.05) is 35.0 Å². The highest BCUT2D eigenvalue weighted by atomic mass is 32.1. The van der Waals surface area contributed by atoms with Crippen LogP contribution in [-0.2, 0) is 0 Å². The fourth-order valence-electron chi connectivity index (χ4n) is 1.81. The van der Waals surface area contributed by atoms with E-state index in [1.54, 1.807) is 5.38 Å². The lowest BCUT2D eigenvalue weighted by Gasteiger charge is -1.92. The fourth-order valence-corrected chi connectivity index (χ4v) is 2.70. The Kier molecular flexibility index (Phi) is 2.30. The molecule has 2 heterocycles. The van der Waals surface area contributed by atoms with Gasteiger partial charge < -0.3 is 4.98 Å². The summed E-state index contributed by atoms with van der Waals surface area (Å²) in [5.41, 5.74) is 2.68. The van der Waals surface area contributed by atoms with E-state index in [0.717, 1.165) is 21.5 Å². The SMILES string of the molecule is CC(=O)c1csc(-c2c[nH]c3ccccc23)n1. The summed E-state index contributed by atoms with van der Waals surface area (Å²) < 4.78 is 0. The molecular weight excluding hydrogens is 232 g/mol. The third-order valence-electron chi connectivity index (χ3n) is 2.68. The highest BCUT2D eigenvalue weighted by Crippen LogP contribution is 2.30. The largest absolute Gasteiger partial charge is 0.360 e. The number of nitrogens with zero attached hydrogens (tertiary/aromatic N) is 1. The first-order valence-electron chi connectivity index (χ1n) is 5.28. The average Bonchev–Trinajstić information content (AvgIpc) is 2.95. The Hall–Kier alpha value is -1.94. The molecule has 0 radical (unpaired) electrons. The number of benzene rings is 1. The van der Waals surface area contributed by atoms with Gasteiger partial charge in [0.05, 0.1) is 0 Å². The number of aromatic amines is 1. The topological polar surface area (TPSA) is 45.8 Å². The smallest absolute Gasteiger partial charge is 0.178 e. The van der Waals surface area contributed by atoms with Crippen molar-refractivity contribution in [2.75, 3.05) is 0 Å². The second kappa shape index (κ2) is 3.82. The molecule has 0 saturated carbocycles. The highest BCUT2D eigenvalue weighted by Gasteiger charge is 2.11. The van der Waals surface area contributed by atoms with Crippen LogP contribution in [0.25, 0.3) is 21.5 Å². The van der Waals surface area contributed by atoms with Crippen LogP contribution < -0.4 is 0 Å². The van der Waals surface area contributed by atoms with Crippen molar-refractivity contribution in [2.45, 2.75) is 6.92 Å². The quantitative estimate of drug-likeness (QED) is 0.699. The van der Waals surface area contributed by atoms with Crippen molar-refractivity contribution in [1.82, 2.24) is 9.97 Å². The molecule has 0 aliphatic heterocycles. The molecule has 0 spiro atoms. The minimum absolute atomic E-state index is 0.00680. The molecular formula is C13H10N2OS. The Morgan fingerprint density at radius 3 is 2.94 bits per heavy atom. The van der Waals surface area contributed by atoms with Crippen molar-refractivity contribution in [1.29, 1.82) is 0 Å². The Balaban J connectivity index is 2.17. The van der Waals surface area contributed by atoms with E-state index < -0.39 is 0 Å². The van der Waals surface area contributed by atoms with Crippen LogP contribution in [0.15, 0.2) is 35.8 Å². The van der Waals surface area contributed by atoms with Gasteiger partial charge in [-0.05, 0) is 6.07 Å². The zero-order chi connectivity index (χ0) is 11.8. The van der Waals surface area contributed by atoms with Gasteiger partial charge in [-0.1, -0.05) is 18.2 Å². The number of carbonyl (C=O) groups excluding carboxylic acids is 1. The summed E-state index contributed by atoms with van der Waals surface area (Å²) in [7, 11) is 0. The Labute approximate surface area is 102 Å². The lowest BCUT2D eigenvalue weighted by Crippen LogP contribution is -1.90. The molecule has 0 atom stereocenters. The molecule has 17 heavy (non-hydrogen) atoms. The number of rotatable bonds is 2. The van der Waals surface area contributed by atoms with E-state index in [1.165, 1.54) is 18.3 Å². The molecule has 0 bridgehead atoms. The number of aromatic nitrogens is 2. The van der Waals surface area contributed by atoms with E-state index >= 15 is 0 Å². The second-order valence-corrected chi connectivity index (χ2v) is 4.70. The summed E-state index contributed by atoms with van der Waals surface area (Å²) in [6, 6.07) is 8.07. The number of thiazole rings is 1. The van der Waals surface area contributed by atoms with Gasteiger partial charge in [0.25, 0.3) is 0 Å². The van der Waals surface area contributed by atoms with Crippen molar-refractivity contribution in [2.24, 2.45) is 0 Å². The predicted octanol–water partition coefficient (Wildman–Crippen LogP) is 3.49. The second-order valence-electron chi connectivity index (χ2n) is 3.84. The van der Waals surface area contributed by atoms with Crippen molar-refractivity contribution in [3.05, 3.63) is 41.5 Å². The zero-order valence-corrected chi connectivity index (χ0v) is 10.0. The number of Topliss-reactive ketones (excluding diaryl/α,β-unsaturated/α-hetero) is 1. The number of carbonyl (C=O) groups is 1. The molecule has 0 aliphatic carbocycles. The number of para-hydroxylation sites is 1. The molecule has 0 amide bonds. The van der Waals surface area contributed by atoms with Crippen molar-refractivity contribution in [3.63, 3.8) is 0 Å². The molecule has 0 unspecified atom stereocenters. The number of hydrogen-bond acceptors (Lipinski definition) is 3. The van der Waals surface area contributed by atoms with Gasteiger partial charge in [0.1, 0.15) is 10.7 Å². The molecule has 84 valence electrons. The van der Waals surface area contributed by atoms with Gasteiger partial charge in [0.15, 0.2) is 5.78 Å². The number of hydrogen-bond donors (Lipinski definition) is 1. The lowest BCUT2D eigenvalue weighted by molar-refractivity contribution is 0.101. The number of H-pyrrole nitrogens is 1. The fraction of sp³-hybridized carbons (Fsp3) is 0.0769. The van der Waals surface area contributed by atoms with Gasteiger partial charge in [-0.3, -0.25) is 4.79 Å². The Morgan fingerprint density at radius 1 is 1.35 bits per heavy atom. The molecule has 0 aliphatic rings. The van der Waals surface area contributed by atoms with Crippen LogP contribution in [0.5, 0.6) is 0 Å². The van der Waals surface area contributed by atoms with E-state index in [-0.39, 0.29) is 5.78 Å². The highest BCUT2D eigenvalue weighted by molar-refractivity contribution is 7.13. The van der Waals surface area contributed by atoms with E-state index in [1.807, 2.05) is 24.4 Å². The molecule has 4 heteroatoms. The average molecular weight is 242 g/mol. The van der Waals surface area contributed by atoms with E-state index in [0.29, 0.717) is 5.69 Å². The molecule has 1 N–H and O–H groups in total. The number of fused-ring (bicyclic) bond motifs is 1. The maximum atomic E-state index is 11.2. The number of nitrogens with one attached hydrogen (secondary N) is 1. The van der Waals surface area contributed by atoms with E-state index in [9.17, 15) is 4.79 Å². The maximum Gasteiger partial charge on any atom is 0.178 e. The van der Waals surface area contributed by atoms with Crippen molar-refractivity contribution < 1.29 is 4.79 Å². The van der Waals surface area contributed by atoms with E-state index in [4.69, 9.17) is 0 Å². The summed E-state index contributed by atoms with van der Waals surface area (Å²) in [4.78, 5) is 18.8. The standard InChI is InChI=1S/C13H10N2OS/c1-8(16)12-7-17-13(15-12)10-6-14-11-5-3-2-4-9(10)11/h2-7,14H,1H3. The molecule has 3 aromatic rings. The summed E-state index contributed by atoms with van der Waals surface area (Å²) in [6.45, 7) is 1.54. The van der Waals surface area contributed by atoms with Crippen LogP contribution in [0, 0.1) is 0 Å². The third kappa shape index (κ3) is 1.66. The predicted molar refractivity (Wildman–Crippen MR) is 69.4 cm³/mol. The number of ketones is 1. The van der Waals surface area contributed by atoms with Crippen LogP contribution in [0.1, 0.15) is 17.4 Å². The first kappa shape index (κ1) is 10.2. The van der Waals surface area contributed by atoms with Gasteiger partial charge in [-0.25, -0.2) is 4.98 Å². The van der Waals surface area contributed by atoms with Crippen molar-refractivity contribution >= 4 is 28.0 Å². The molecule has 3 nitrogen and oxygen atoms in total. The molecule has 3 rings (SSSR count). The molecule has 0 saturated heterocycles. The minimum Gasteiger partial charge on any atom is -0.360 e. The molecule has 1 aromatic carbocycles. The van der Waals surface area contributed by atoms with Crippen LogP contribution in [0.2, 0.25) is 0 Å². The lowest BCUT2D eigenvalue weighted by atomic mass is 10.2. The van der Waals surface area contributed by atoms with Gasteiger partial charge in [-0.15, -0.1) is 11.3 Å². The Morgan fingerprint density at radius 2 is 2.18 bits per heavy atom. The zero-order valence-electron chi connectivity index (χ0n) is 9.23. The van der Waals surface area contributed by atoms with Gasteiger partial charge in [-0.2, -0.15) is 0 Å². The summed E-state index contributed by atoms with van der Waals surface area (Å²) in [6.07, 6.45) is 1.94. The molecule has 0 fully saturated rings. The summed E-state index contributed by atoms with van der Waals surface area (Å²) in [5.74, 6) is 0.00680. The minimum atomic E-state index is 0.00680. The van der Waals surface area contributed by atoms with Crippen LogP contribution >= 0.6 is 11.3 Å². The van der Waals surface area contributed by atoms with Crippen LogP contribution in [0.3, 0.4) is 0 Å². The summed E-state index contributed by atoms with van der Waals surface area (Å²) >= 11 is 1.50. The van der Waals surface area contributed by atoms with Crippen LogP contribution in [-0.4, -0.2) is 15.8 Å². The van der Waals surface area contributed by atoms with Crippen molar-refractivity contribution in [3.8, 4) is 10.6 Å². The van der Waals surface area contributed by atoms with Crippen LogP contribution in [0.4, 0.5) is 0 Å². The third-order valence-corrected chi connectivity index (χ3v) is 3.56. The Bertz CT molecular complexity index is 696.